The summed E-state index contributed by atoms with van der Waals surface area (Å²) < 4.78 is 26.8. The highest BCUT2D eigenvalue weighted by Gasteiger charge is 2.28. The van der Waals surface area contributed by atoms with Crippen molar-refractivity contribution < 1.29 is 13.6 Å². The third-order valence-electron chi connectivity index (χ3n) is 5.01. The lowest BCUT2D eigenvalue weighted by Gasteiger charge is -2.33. The van der Waals surface area contributed by atoms with Crippen LogP contribution in [0.1, 0.15) is 34.8 Å². The summed E-state index contributed by atoms with van der Waals surface area (Å²) in [6, 6.07) is 11.9. The summed E-state index contributed by atoms with van der Waals surface area (Å²) in [5, 5.41) is 0. The summed E-state index contributed by atoms with van der Waals surface area (Å²) in [7, 11) is 0. The highest BCUT2D eigenvalue weighted by atomic mass is 19.1. The van der Waals surface area contributed by atoms with Crippen LogP contribution in [0, 0.1) is 11.6 Å². The number of carbonyl (C=O) groups is 1. The summed E-state index contributed by atoms with van der Waals surface area (Å²) in [6.07, 6.45) is 4.91. The van der Waals surface area contributed by atoms with Crippen molar-refractivity contribution in [1.29, 1.82) is 0 Å². The van der Waals surface area contributed by atoms with Gasteiger partial charge in [-0.2, -0.15) is 0 Å². The average molecular weight is 379 g/mol. The maximum absolute atomic E-state index is 13.7. The standard InChI is InChI=1S/C22H19F2N3O/c23-18-8-6-15(7-9-18)22(28)27-12-2-4-17(14-27)21-20(25-10-11-26-21)16-3-1-5-19(24)13-16/h1,3,5-11,13,17H,2,4,12,14H2/t17-/m0/s1. The molecular weight excluding hydrogens is 360 g/mol. The molecule has 142 valence electrons. The predicted octanol–water partition coefficient (Wildman–Crippen LogP) is 4.44. The second-order valence-electron chi connectivity index (χ2n) is 6.90. The average Bonchev–Trinajstić information content (AvgIpc) is 2.74. The molecule has 0 unspecified atom stereocenters. The number of hydrogen-bond acceptors (Lipinski definition) is 3. The van der Waals surface area contributed by atoms with Crippen LogP contribution in [0.4, 0.5) is 8.78 Å². The second kappa shape index (κ2) is 7.84. The highest BCUT2D eigenvalue weighted by Crippen LogP contribution is 2.32. The third-order valence-corrected chi connectivity index (χ3v) is 5.01. The molecule has 1 fully saturated rings. The van der Waals surface area contributed by atoms with E-state index in [9.17, 15) is 13.6 Å². The van der Waals surface area contributed by atoms with Crippen LogP contribution in [0.2, 0.25) is 0 Å². The molecule has 1 atom stereocenters. The molecule has 0 aliphatic carbocycles. The normalized spacial score (nSPS) is 16.8. The zero-order valence-corrected chi connectivity index (χ0v) is 15.2. The van der Waals surface area contributed by atoms with Crippen molar-refractivity contribution in [3.63, 3.8) is 0 Å². The van der Waals surface area contributed by atoms with Gasteiger partial charge in [-0.25, -0.2) is 8.78 Å². The molecule has 0 radical (unpaired) electrons. The number of amides is 1. The Balaban J connectivity index is 1.60. The first-order valence-electron chi connectivity index (χ1n) is 9.23. The van der Waals surface area contributed by atoms with E-state index in [2.05, 4.69) is 9.97 Å². The third kappa shape index (κ3) is 3.76. The SMILES string of the molecule is O=C(c1ccc(F)cc1)N1CCC[C@H](c2nccnc2-c2cccc(F)c2)C1. The quantitative estimate of drug-likeness (QED) is 0.676. The molecule has 3 aromatic rings. The fourth-order valence-corrected chi connectivity index (χ4v) is 3.67. The van der Waals surface area contributed by atoms with E-state index in [-0.39, 0.29) is 23.5 Å². The largest absolute Gasteiger partial charge is 0.338 e. The molecule has 6 heteroatoms. The Hall–Kier alpha value is -3.15. The lowest BCUT2D eigenvalue weighted by molar-refractivity contribution is 0.0706. The maximum Gasteiger partial charge on any atom is 0.253 e. The van der Waals surface area contributed by atoms with Crippen molar-refractivity contribution in [3.8, 4) is 11.3 Å². The van der Waals surface area contributed by atoms with Gasteiger partial charge in [0, 0.05) is 42.5 Å². The number of hydrogen-bond donors (Lipinski definition) is 0. The summed E-state index contributed by atoms with van der Waals surface area (Å²) in [5.41, 5.74) is 2.55. The first-order valence-corrected chi connectivity index (χ1v) is 9.23. The van der Waals surface area contributed by atoms with Gasteiger partial charge in [0.2, 0.25) is 0 Å². The van der Waals surface area contributed by atoms with Crippen LogP contribution in [0.15, 0.2) is 60.9 Å². The number of likely N-dealkylation sites (tertiary alicyclic amines) is 1. The van der Waals surface area contributed by atoms with Crippen molar-refractivity contribution in [2.45, 2.75) is 18.8 Å². The van der Waals surface area contributed by atoms with Crippen molar-refractivity contribution in [3.05, 3.63) is 83.8 Å². The van der Waals surface area contributed by atoms with Crippen molar-refractivity contribution >= 4 is 5.91 Å². The van der Waals surface area contributed by atoms with Crippen LogP contribution in [-0.4, -0.2) is 33.9 Å². The molecule has 0 bridgehead atoms. The van der Waals surface area contributed by atoms with E-state index in [0.29, 0.717) is 29.9 Å². The molecular formula is C22H19F2N3O. The van der Waals surface area contributed by atoms with E-state index in [1.807, 2.05) is 0 Å². The Labute approximate surface area is 161 Å². The zero-order chi connectivity index (χ0) is 19.5. The van der Waals surface area contributed by atoms with Gasteiger partial charge < -0.3 is 4.90 Å². The van der Waals surface area contributed by atoms with Crippen LogP contribution in [0.3, 0.4) is 0 Å². The minimum absolute atomic E-state index is 0.00474. The first kappa shape index (κ1) is 18.2. The number of halogens is 2. The Kier molecular flexibility index (Phi) is 5.10. The Morgan fingerprint density at radius 3 is 2.57 bits per heavy atom. The Bertz CT molecular complexity index is 991. The first-order chi connectivity index (χ1) is 13.6. The molecule has 0 spiro atoms. The van der Waals surface area contributed by atoms with Crippen LogP contribution in [0.5, 0.6) is 0 Å². The molecule has 28 heavy (non-hydrogen) atoms. The van der Waals surface area contributed by atoms with Crippen molar-refractivity contribution in [2.75, 3.05) is 13.1 Å². The van der Waals surface area contributed by atoms with Gasteiger partial charge in [0.25, 0.3) is 5.91 Å². The van der Waals surface area contributed by atoms with E-state index in [1.54, 1.807) is 29.4 Å². The van der Waals surface area contributed by atoms with Crippen LogP contribution < -0.4 is 0 Å². The van der Waals surface area contributed by atoms with E-state index >= 15 is 0 Å². The van der Waals surface area contributed by atoms with Gasteiger partial charge in [-0.1, -0.05) is 12.1 Å². The van der Waals surface area contributed by atoms with Gasteiger partial charge >= 0.3 is 0 Å². The molecule has 1 saturated heterocycles. The number of nitrogens with zero attached hydrogens (tertiary/aromatic N) is 3. The number of benzene rings is 2. The van der Waals surface area contributed by atoms with Crippen LogP contribution >= 0.6 is 0 Å². The fourth-order valence-electron chi connectivity index (χ4n) is 3.67. The van der Waals surface area contributed by atoms with E-state index < -0.39 is 0 Å². The lowest BCUT2D eigenvalue weighted by atomic mass is 9.91. The minimum Gasteiger partial charge on any atom is -0.338 e. The smallest absolute Gasteiger partial charge is 0.253 e. The number of aromatic nitrogens is 2. The molecule has 0 N–H and O–H groups in total. The highest BCUT2D eigenvalue weighted by molar-refractivity contribution is 5.94. The van der Waals surface area contributed by atoms with E-state index in [1.165, 1.54) is 36.4 Å². The molecule has 2 heterocycles. The van der Waals surface area contributed by atoms with Gasteiger partial charge in [-0.15, -0.1) is 0 Å². The van der Waals surface area contributed by atoms with Gasteiger partial charge in [0.05, 0.1) is 11.4 Å². The van der Waals surface area contributed by atoms with Crippen molar-refractivity contribution in [2.24, 2.45) is 0 Å². The maximum atomic E-state index is 13.7. The molecule has 2 aromatic carbocycles. The fraction of sp³-hybridized carbons (Fsp3) is 0.227. The van der Waals surface area contributed by atoms with Gasteiger partial charge in [0.1, 0.15) is 11.6 Å². The Morgan fingerprint density at radius 1 is 1.00 bits per heavy atom. The molecule has 1 aromatic heterocycles. The minimum atomic E-state index is -0.368. The monoisotopic (exact) mass is 379 g/mol. The Morgan fingerprint density at radius 2 is 1.79 bits per heavy atom. The molecule has 1 aliphatic heterocycles. The molecule has 1 aliphatic rings. The van der Waals surface area contributed by atoms with Crippen LogP contribution in [-0.2, 0) is 0 Å². The topological polar surface area (TPSA) is 46.1 Å². The summed E-state index contributed by atoms with van der Waals surface area (Å²) in [4.78, 5) is 23.5. The summed E-state index contributed by atoms with van der Waals surface area (Å²) in [6.45, 7) is 1.14. The number of piperidine rings is 1. The van der Waals surface area contributed by atoms with Gasteiger partial charge in [0.15, 0.2) is 0 Å². The summed E-state index contributed by atoms with van der Waals surface area (Å²) >= 11 is 0. The molecule has 4 nitrogen and oxygen atoms in total. The van der Waals surface area contributed by atoms with E-state index in [0.717, 1.165) is 18.5 Å². The molecule has 4 rings (SSSR count). The zero-order valence-electron chi connectivity index (χ0n) is 15.2. The summed E-state index contributed by atoms with van der Waals surface area (Å²) in [5.74, 6) is -0.816. The van der Waals surface area contributed by atoms with Crippen LogP contribution in [0.25, 0.3) is 11.3 Å². The second-order valence-corrected chi connectivity index (χ2v) is 6.90. The van der Waals surface area contributed by atoms with Gasteiger partial charge in [-0.3, -0.25) is 14.8 Å². The lowest BCUT2D eigenvalue weighted by Crippen LogP contribution is -2.39. The molecule has 1 amide bonds. The van der Waals surface area contributed by atoms with Gasteiger partial charge in [-0.05, 0) is 49.2 Å². The number of carbonyl (C=O) groups excluding carboxylic acids is 1. The molecule has 0 saturated carbocycles. The van der Waals surface area contributed by atoms with Crippen molar-refractivity contribution in [1.82, 2.24) is 14.9 Å². The number of rotatable bonds is 3. The van der Waals surface area contributed by atoms with E-state index in [4.69, 9.17) is 0 Å². The predicted molar refractivity (Wildman–Crippen MR) is 102 cm³/mol.